The van der Waals surface area contributed by atoms with Crippen molar-refractivity contribution < 1.29 is 9.05 Å². The average Bonchev–Trinajstić information content (AvgIpc) is 3.06. The molecule has 0 bridgehead atoms. The molecule has 200 valence electrons. The minimum absolute atomic E-state index is 0.868. The van der Waals surface area contributed by atoms with Crippen LogP contribution in [0.1, 0.15) is 0 Å². The molecule has 0 N–H and O–H groups in total. The maximum atomic E-state index is 6.56. The number of rotatable bonds is 10. The molecule has 41 heavy (non-hydrogen) atoms. The van der Waals surface area contributed by atoms with Crippen molar-refractivity contribution in [3.63, 3.8) is 0 Å². The van der Waals surface area contributed by atoms with Crippen molar-refractivity contribution in [2.75, 3.05) is 0 Å². The predicted octanol–water partition coefficient (Wildman–Crippen LogP) is 8.69. The molecule has 0 aliphatic carbocycles. The van der Waals surface area contributed by atoms with Crippen LogP contribution >= 0.6 is 28.1 Å². The Bertz CT molecular complexity index is 1430. The van der Waals surface area contributed by atoms with Gasteiger partial charge in [0.2, 0.25) is 0 Å². The van der Waals surface area contributed by atoms with Crippen molar-refractivity contribution in [1.82, 2.24) is 0 Å². The molecule has 0 aromatic heterocycles. The normalized spacial score (nSPS) is 11.0. The zero-order valence-electron chi connectivity index (χ0n) is 22.3. The first-order chi connectivity index (χ1) is 20.3. The Morgan fingerprint density at radius 1 is 0.317 bits per heavy atom. The van der Waals surface area contributed by atoms with Crippen LogP contribution in [0.4, 0.5) is 0 Å². The third-order valence-electron chi connectivity index (χ3n) is 6.24. The summed E-state index contributed by atoms with van der Waals surface area (Å²) in [5.41, 5.74) is 0. The molecular formula is C36H28O2P2S. The third-order valence-corrected chi connectivity index (χ3v) is 11.1. The van der Waals surface area contributed by atoms with E-state index in [0.29, 0.717) is 0 Å². The first kappa shape index (κ1) is 27.3. The van der Waals surface area contributed by atoms with Crippen LogP contribution < -0.4 is 30.3 Å². The van der Waals surface area contributed by atoms with E-state index in [0.717, 1.165) is 21.3 Å². The summed E-state index contributed by atoms with van der Waals surface area (Å²) >= 11 is 1.73. The van der Waals surface area contributed by atoms with Gasteiger partial charge in [-0.1, -0.05) is 133 Å². The number of hydrogen-bond donors (Lipinski definition) is 0. The second kappa shape index (κ2) is 13.7. The highest BCUT2D eigenvalue weighted by atomic mass is 32.2. The molecule has 0 unspecified atom stereocenters. The second-order valence-electron chi connectivity index (χ2n) is 9.16. The predicted molar refractivity (Wildman–Crippen MR) is 176 cm³/mol. The second-order valence-corrected chi connectivity index (χ2v) is 13.9. The maximum Gasteiger partial charge on any atom is 0.150 e. The Morgan fingerprint density at radius 2 is 0.585 bits per heavy atom. The lowest BCUT2D eigenvalue weighted by molar-refractivity contribution is 0.629. The molecule has 0 atom stereocenters. The summed E-state index contributed by atoms with van der Waals surface area (Å²) in [6, 6.07) is 58.5. The van der Waals surface area contributed by atoms with Crippen molar-refractivity contribution >= 4 is 49.3 Å². The fourth-order valence-electron chi connectivity index (χ4n) is 4.25. The third kappa shape index (κ3) is 7.26. The monoisotopic (exact) mass is 586 g/mol. The maximum absolute atomic E-state index is 6.56. The van der Waals surface area contributed by atoms with Crippen molar-refractivity contribution in [2.45, 2.75) is 9.79 Å². The first-order valence-corrected chi connectivity index (χ1v) is 16.7. The largest absolute Gasteiger partial charge is 0.464 e. The molecule has 6 aromatic carbocycles. The summed E-state index contributed by atoms with van der Waals surface area (Å²) in [7, 11) is -1.90. The van der Waals surface area contributed by atoms with E-state index in [1.807, 2.05) is 24.3 Å². The molecule has 0 spiro atoms. The van der Waals surface area contributed by atoms with Crippen LogP contribution in [0.2, 0.25) is 0 Å². The van der Waals surface area contributed by atoms with E-state index in [4.69, 9.17) is 9.05 Å². The van der Waals surface area contributed by atoms with Crippen molar-refractivity contribution in [3.05, 3.63) is 170 Å². The molecule has 6 rings (SSSR count). The van der Waals surface area contributed by atoms with E-state index >= 15 is 0 Å². The van der Waals surface area contributed by atoms with Crippen LogP contribution in [0.25, 0.3) is 0 Å². The van der Waals surface area contributed by atoms with Gasteiger partial charge in [-0.2, -0.15) is 0 Å². The average molecular weight is 587 g/mol. The molecule has 0 heterocycles. The Morgan fingerprint density at radius 3 is 0.854 bits per heavy atom. The van der Waals surface area contributed by atoms with E-state index in [2.05, 4.69) is 146 Å². The van der Waals surface area contributed by atoms with Gasteiger partial charge in [-0.3, -0.25) is 0 Å². The van der Waals surface area contributed by atoms with Gasteiger partial charge in [0, 0.05) is 31.0 Å². The van der Waals surface area contributed by atoms with Gasteiger partial charge in [0.1, 0.15) is 11.5 Å². The zero-order valence-corrected chi connectivity index (χ0v) is 24.9. The molecule has 2 nitrogen and oxygen atoms in total. The van der Waals surface area contributed by atoms with Gasteiger partial charge in [-0.05, 0) is 48.5 Å². The zero-order chi connectivity index (χ0) is 27.7. The SMILES string of the molecule is c1ccc(P(Oc2ccc(Sc3ccc(OP(c4ccccc4)c4ccccc4)cc3)cc2)c2ccccc2)cc1. The number of hydrogen-bond acceptors (Lipinski definition) is 3. The highest BCUT2D eigenvalue weighted by molar-refractivity contribution is 7.99. The number of benzene rings is 6. The van der Waals surface area contributed by atoms with Crippen LogP contribution in [-0.4, -0.2) is 0 Å². The fraction of sp³-hybridized carbons (Fsp3) is 0. The fourth-order valence-corrected chi connectivity index (χ4v) is 8.52. The summed E-state index contributed by atoms with van der Waals surface area (Å²) in [6.45, 7) is 0. The van der Waals surface area contributed by atoms with Gasteiger partial charge in [0.05, 0.1) is 0 Å². The molecule has 6 aromatic rings. The van der Waals surface area contributed by atoms with Gasteiger partial charge in [-0.15, -0.1) is 0 Å². The Kier molecular flexibility index (Phi) is 9.10. The molecule has 0 fully saturated rings. The first-order valence-electron chi connectivity index (χ1n) is 13.4. The standard InChI is InChI=1S/C36H28O2P2S/c1-5-13-31(14-6-1)39(32-15-7-2-8-16-32)37-29-21-25-35(26-22-29)41-36-27-23-30(24-28-36)38-40(33-17-9-3-10-18-33)34-19-11-4-12-20-34/h1-28H. The summed E-state index contributed by atoms with van der Waals surface area (Å²) in [5, 5.41) is 4.77. The molecule has 0 radical (unpaired) electrons. The van der Waals surface area contributed by atoms with Crippen molar-refractivity contribution in [2.24, 2.45) is 0 Å². The van der Waals surface area contributed by atoms with Crippen LogP contribution in [0.3, 0.4) is 0 Å². The molecule has 5 heteroatoms. The lowest BCUT2D eigenvalue weighted by Gasteiger charge is -2.20. The Labute approximate surface area is 248 Å². The van der Waals surface area contributed by atoms with Crippen LogP contribution in [0.15, 0.2) is 180 Å². The van der Waals surface area contributed by atoms with E-state index in [-0.39, 0.29) is 0 Å². The minimum Gasteiger partial charge on any atom is -0.464 e. The Hall–Kier alpha value is -3.87. The van der Waals surface area contributed by atoms with E-state index < -0.39 is 16.3 Å². The quantitative estimate of drug-likeness (QED) is 0.150. The molecule has 0 amide bonds. The van der Waals surface area contributed by atoms with E-state index in [9.17, 15) is 0 Å². The van der Waals surface area contributed by atoms with E-state index in [1.54, 1.807) is 11.8 Å². The van der Waals surface area contributed by atoms with Crippen LogP contribution in [0, 0.1) is 0 Å². The summed E-state index contributed by atoms with van der Waals surface area (Å²) in [5.74, 6) is 1.74. The molecular weight excluding hydrogens is 558 g/mol. The smallest absolute Gasteiger partial charge is 0.150 e. The minimum atomic E-state index is -0.949. The molecule has 0 aliphatic heterocycles. The lowest BCUT2D eigenvalue weighted by atomic mass is 10.3. The van der Waals surface area contributed by atoms with Crippen LogP contribution in [-0.2, 0) is 0 Å². The van der Waals surface area contributed by atoms with Gasteiger partial charge < -0.3 is 9.05 Å². The van der Waals surface area contributed by atoms with Crippen molar-refractivity contribution in [3.8, 4) is 11.5 Å². The van der Waals surface area contributed by atoms with Gasteiger partial charge >= 0.3 is 0 Å². The van der Waals surface area contributed by atoms with E-state index in [1.165, 1.54) is 21.2 Å². The van der Waals surface area contributed by atoms with Gasteiger partial charge in [-0.25, -0.2) is 0 Å². The van der Waals surface area contributed by atoms with Gasteiger partial charge in [0.15, 0.2) is 16.3 Å². The summed E-state index contributed by atoms with van der Waals surface area (Å²) < 4.78 is 13.1. The molecule has 0 saturated heterocycles. The summed E-state index contributed by atoms with van der Waals surface area (Å²) in [4.78, 5) is 2.32. The highest BCUT2D eigenvalue weighted by Gasteiger charge is 2.18. The highest BCUT2D eigenvalue weighted by Crippen LogP contribution is 2.39. The van der Waals surface area contributed by atoms with Crippen molar-refractivity contribution in [1.29, 1.82) is 0 Å². The lowest BCUT2D eigenvalue weighted by Crippen LogP contribution is -2.15. The van der Waals surface area contributed by atoms with Gasteiger partial charge in [0.25, 0.3) is 0 Å². The molecule has 0 saturated carbocycles. The topological polar surface area (TPSA) is 18.5 Å². The summed E-state index contributed by atoms with van der Waals surface area (Å²) in [6.07, 6.45) is 0. The Balaban J connectivity index is 1.13. The molecule has 0 aliphatic rings. The van der Waals surface area contributed by atoms with Crippen LogP contribution in [0.5, 0.6) is 11.5 Å².